The van der Waals surface area contributed by atoms with Crippen LogP contribution in [-0.2, 0) is 6.54 Å². The molecule has 0 aliphatic rings. The monoisotopic (exact) mass is 451 g/mol. The Labute approximate surface area is 167 Å². The van der Waals surface area contributed by atoms with Crippen LogP contribution in [0.2, 0.25) is 5.02 Å². The molecule has 1 amide bonds. The van der Waals surface area contributed by atoms with Crippen molar-refractivity contribution in [2.75, 3.05) is 10.6 Å². The molecule has 2 heterocycles. The van der Waals surface area contributed by atoms with Crippen LogP contribution in [0.4, 0.5) is 16.6 Å². The molecular weight excluding hydrogens is 438 g/mol. The third kappa shape index (κ3) is 4.21. The van der Waals surface area contributed by atoms with E-state index in [1.54, 1.807) is 18.3 Å². The average Bonchev–Trinajstić information content (AvgIpc) is 3.08. The Hall–Kier alpha value is -2.00. The second-order valence-electron chi connectivity index (χ2n) is 5.41. The molecular formula is C17H15BrClN5OS. The van der Waals surface area contributed by atoms with Gasteiger partial charge in [0.15, 0.2) is 5.13 Å². The number of nitrogens with one attached hydrogen (secondary N) is 2. The number of nitrogens with zero attached hydrogens (tertiary/aromatic N) is 2. The average molecular weight is 453 g/mol. The predicted molar refractivity (Wildman–Crippen MR) is 109 cm³/mol. The SMILES string of the molecule is Cc1cc(Br)cnc1Nc1ncc(C(=O)Nc2c(Cl)cccc2CN)s1. The predicted octanol–water partition coefficient (Wildman–Crippen LogP) is 4.72. The molecule has 134 valence electrons. The summed E-state index contributed by atoms with van der Waals surface area (Å²) in [5, 5.41) is 6.95. The first-order valence-corrected chi connectivity index (χ1v) is 9.60. The number of hydrogen-bond acceptors (Lipinski definition) is 6. The quantitative estimate of drug-likeness (QED) is 0.521. The minimum absolute atomic E-state index is 0.278. The van der Waals surface area contributed by atoms with Crippen molar-refractivity contribution < 1.29 is 4.79 Å². The van der Waals surface area contributed by atoms with Crippen LogP contribution in [0, 0.1) is 6.92 Å². The number of benzene rings is 1. The number of aryl methyl sites for hydroxylation is 1. The Balaban J connectivity index is 1.76. The van der Waals surface area contributed by atoms with Crippen LogP contribution in [0.5, 0.6) is 0 Å². The van der Waals surface area contributed by atoms with E-state index < -0.39 is 0 Å². The molecule has 0 aliphatic heterocycles. The fourth-order valence-corrected chi connectivity index (χ4v) is 3.66. The maximum atomic E-state index is 12.5. The van der Waals surface area contributed by atoms with Gasteiger partial charge in [0.2, 0.25) is 0 Å². The van der Waals surface area contributed by atoms with Crippen LogP contribution in [0.15, 0.2) is 41.1 Å². The van der Waals surface area contributed by atoms with Gasteiger partial charge in [-0.3, -0.25) is 4.79 Å². The number of anilines is 3. The molecule has 0 fully saturated rings. The number of hydrogen-bond donors (Lipinski definition) is 3. The van der Waals surface area contributed by atoms with Crippen molar-refractivity contribution >= 4 is 61.4 Å². The molecule has 4 N–H and O–H groups in total. The number of thiazole rings is 1. The summed E-state index contributed by atoms with van der Waals surface area (Å²) in [6.07, 6.45) is 3.21. The van der Waals surface area contributed by atoms with Gasteiger partial charge < -0.3 is 16.4 Å². The van der Waals surface area contributed by atoms with E-state index in [9.17, 15) is 4.79 Å². The number of amides is 1. The lowest BCUT2D eigenvalue weighted by Crippen LogP contribution is -2.13. The van der Waals surface area contributed by atoms with Crippen LogP contribution in [0.1, 0.15) is 20.8 Å². The molecule has 3 rings (SSSR count). The van der Waals surface area contributed by atoms with Crippen LogP contribution in [0.3, 0.4) is 0 Å². The summed E-state index contributed by atoms with van der Waals surface area (Å²) in [5.41, 5.74) is 7.96. The topological polar surface area (TPSA) is 92.9 Å². The van der Waals surface area contributed by atoms with Gasteiger partial charge in [-0.1, -0.05) is 35.1 Å². The molecule has 0 atom stereocenters. The maximum Gasteiger partial charge on any atom is 0.267 e. The largest absolute Gasteiger partial charge is 0.326 e. The van der Waals surface area contributed by atoms with E-state index in [2.05, 4.69) is 36.5 Å². The highest BCUT2D eigenvalue weighted by molar-refractivity contribution is 9.10. The van der Waals surface area contributed by atoms with Crippen molar-refractivity contribution in [3.8, 4) is 0 Å². The summed E-state index contributed by atoms with van der Waals surface area (Å²) in [6.45, 7) is 2.22. The van der Waals surface area contributed by atoms with E-state index >= 15 is 0 Å². The number of halogens is 2. The molecule has 0 aliphatic carbocycles. The highest BCUT2D eigenvalue weighted by Gasteiger charge is 2.15. The standard InChI is InChI=1S/C17H15BrClN5OS/c1-9-5-11(18)7-21-15(9)24-17-22-8-13(26-17)16(25)23-14-10(6-20)3-2-4-12(14)19/h2-5,7-8H,6,20H2,1H3,(H,23,25)(H,21,22,24). The van der Waals surface area contributed by atoms with Gasteiger partial charge in [0.05, 0.1) is 16.9 Å². The van der Waals surface area contributed by atoms with Crippen LogP contribution < -0.4 is 16.4 Å². The van der Waals surface area contributed by atoms with E-state index in [0.717, 1.165) is 15.6 Å². The lowest BCUT2D eigenvalue weighted by atomic mass is 10.1. The first kappa shape index (κ1) is 18.8. The zero-order chi connectivity index (χ0) is 18.7. The molecule has 1 aromatic carbocycles. The number of aromatic nitrogens is 2. The highest BCUT2D eigenvalue weighted by Crippen LogP contribution is 2.28. The lowest BCUT2D eigenvalue weighted by Gasteiger charge is -2.10. The molecule has 3 aromatic rings. The number of pyridine rings is 1. The molecule has 0 saturated heterocycles. The van der Waals surface area contributed by atoms with Crippen LogP contribution >= 0.6 is 38.9 Å². The number of carbonyl (C=O) groups is 1. The van der Waals surface area contributed by atoms with Gasteiger partial charge in [-0.05, 0) is 46.1 Å². The number of nitrogens with two attached hydrogens (primary N) is 1. The molecule has 0 saturated carbocycles. The lowest BCUT2D eigenvalue weighted by molar-refractivity contribution is 0.103. The Morgan fingerprint density at radius 1 is 1.35 bits per heavy atom. The summed E-state index contributed by atoms with van der Waals surface area (Å²) in [4.78, 5) is 21.5. The Morgan fingerprint density at radius 2 is 2.15 bits per heavy atom. The van der Waals surface area contributed by atoms with Crippen molar-refractivity contribution in [2.24, 2.45) is 5.73 Å². The minimum Gasteiger partial charge on any atom is -0.326 e. The summed E-state index contributed by atoms with van der Waals surface area (Å²) in [6, 6.07) is 7.27. The van der Waals surface area contributed by atoms with Crippen LogP contribution in [0.25, 0.3) is 0 Å². The molecule has 2 aromatic heterocycles. The Bertz CT molecular complexity index is 962. The maximum absolute atomic E-state index is 12.5. The third-order valence-electron chi connectivity index (χ3n) is 3.56. The zero-order valence-corrected chi connectivity index (χ0v) is 16.9. The van der Waals surface area contributed by atoms with Crippen molar-refractivity contribution in [2.45, 2.75) is 13.5 Å². The highest BCUT2D eigenvalue weighted by atomic mass is 79.9. The molecule has 26 heavy (non-hydrogen) atoms. The normalized spacial score (nSPS) is 10.6. The first-order valence-electron chi connectivity index (χ1n) is 7.61. The molecule has 9 heteroatoms. The Morgan fingerprint density at radius 3 is 2.88 bits per heavy atom. The molecule has 0 bridgehead atoms. The number of rotatable bonds is 5. The first-order chi connectivity index (χ1) is 12.5. The molecule has 0 radical (unpaired) electrons. The van der Waals surface area contributed by atoms with Gasteiger partial charge in [0, 0.05) is 17.2 Å². The van der Waals surface area contributed by atoms with E-state index in [0.29, 0.717) is 26.5 Å². The third-order valence-corrected chi connectivity index (χ3v) is 5.22. The summed E-state index contributed by atoms with van der Waals surface area (Å²) in [7, 11) is 0. The number of carbonyl (C=O) groups excluding carboxylic acids is 1. The number of para-hydroxylation sites is 1. The minimum atomic E-state index is -0.293. The summed E-state index contributed by atoms with van der Waals surface area (Å²) >= 11 is 10.8. The molecule has 0 unspecified atom stereocenters. The van der Waals surface area contributed by atoms with Crippen molar-refractivity contribution in [1.82, 2.24) is 9.97 Å². The summed E-state index contributed by atoms with van der Waals surface area (Å²) in [5.74, 6) is 0.393. The van der Waals surface area contributed by atoms with Crippen molar-refractivity contribution in [3.05, 3.63) is 62.2 Å². The van der Waals surface area contributed by atoms with Crippen molar-refractivity contribution in [1.29, 1.82) is 0 Å². The van der Waals surface area contributed by atoms with Gasteiger partial charge in [0.1, 0.15) is 10.7 Å². The Kier molecular flexibility index (Phi) is 5.87. The van der Waals surface area contributed by atoms with Gasteiger partial charge in [-0.25, -0.2) is 9.97 Å². The van der Waals surface area contributed by atoms with Gasteiger partial charge in [0.25, 0.3) is 5.91 Å². The molecule has 6 nitrogen and oxygen atoms in total. The van der Waals surface area contributed by atoms with Crippen LogP contribution in [-0.4, -0.2) is 15.9 Å². The fraction of sp³-hybridized carbons (Fsp3) is 0.118. The zero-order valence-electron chi connectivity index (χ0n) is 13.7. The van der Waals surface area contributed by atoms with E-state index in [1.807, 2.05) is 19.1 Å². The second kappa shape index (κ2) is 8.13. The van der Waals surface area contributed by atoms with Crippen molar-refractivity contribution in [3.63, 3.8) is 0 Å². The van der Waals surface area contributed by atoms with E-state index in [-0.39, 0.29) is 12.5 Å². The van der Waals surface area contributed by atoms with E-state index in [4.69, 9.17) is 17.3 Å². The second-order valence-corrected chi connectivity index (χ2v) is 7.76. The molecule has 0 spiro atoms. The van der Waals surface area contributed by atoms with Gasteiger partial charge >= 0.3 is 0 Å². The fourth-order valence-electron chi connectivity index (χ4n) is 2.26. The summed E-state index contributed by atoms with van der Waals surface area (Å²) < 4.78 is 0.898. The van der Waals surface area contributed by atoms with Gasteiger partial charge in [-0.15, -0.1) is 0 Å². The smallest absolute Gasteiger partial charge is 0.267 e. The van der Waals surface area contributed by atoms with E-state index in [1.165, 1.54) is 17.5 Å². The van der Waals surface area contributed by atoms with Gasteiger partial charge in [-0.2, -0.15) is 0 Å².